The molecule has 0 aliphatic heterocycles. The first kappa shape index (κ1) is 13.4. The maximum Gasteiger partial charge on any atom is 0.208 e. The number of nitrogens with one attached hydrogen (secondary N) is 1. The van der Waals surface area contributed by atoms with Crippen LogP contribution in [0.4, 0.5) is 0 Å². The van der Waals surface area contributed by atoms with Crippen LogP contribution in [-0.4, -0.2) is 27.8 Å². The first-order chi connectivity index (χ1) is 8.54. The monoisotopic (exact) mass is 269 g/mol. The summed E-state index contributed by atoms with van der Waals surface area (Å²) in [6.07, 6.45) is 5.93. The Morgan fingerprint density at radius 2 is 1.94 bits per heavy atom. The summed E-state index contributed by atoms with van der Waals surface area (Å²) in [4.78, 5) is 0. The Morgan fingerprint density at radius 1 is 1.22 bits per heavy atom. The standard InChI is InChI=1S/C13H19NO3S/c1-18(15,16)14-8-9-17-13-7-6-11-4-2-3-5-12(11)10-13/h6-7,10,14H,2-5,8-9H2,1H3. The molecule has 0 saturated heterocycles. The van der Waals surface area contributed by atoms with Crippen molar-refractivity contribution in [1.82, 2.24) is 4.72 Å². The molecule has 0 fully saturated rings. The van der Waals surface area contributed by atoms with Crippen molar-refractivity contribution in [2.75, 3.05) is 19.4 Å². The van der Waals surface area contributed by atoms with E-state index in [1.165, 1.54) is 24.0 Å². The number of ether oxygens (including phenoxy) is 1. The summed E-state index contributed by atoms with van der Waals surface area (Å²) in [6.45, 7) is 0.655. The molecule has 0 amide bonds. The second-order valence-corrected chi connectivity index (χ2v) is 6.49. The van der Waals surface area contributed by atoms with Gasteiger partial charge in [0, 0.05) is 6.54 Å². The summed E-state index contributed by atoms with van der Waals surface area (Å²) >= 11 is 0. The zero-order valence-electron chi connectivity index (χ0n) is 10.6. The number of hydrogen-bond acceptors (Lipinski definition) is 3. The van der Waals surface area contributed by atoms with Crippen molar-refractivity contribution in [1.29, 1.82) is 0 Å². The van der Waals surface area contributed by atoms with Gasteiger partial charge in [0.25, 0.3) is 0 Å². The molecule has 0 aromatic heterocycles. The summed E-state index contributed by atoms with van der Waals surface area (Å²) in [5.74, 6) is 0.825. The van der Waals surface area contributed by atoms with Crippen LogP contribution in [0.25, 0.3) is 0 Å². The zero-order chi connectivity index (χ0) is 13.0. The molecule has 0 atom stereocenters. The Labute approximate surface area is 108 Å². The number of sulfonamides is 1. The van der Waals surface area contributed by atoms with Gasteiger partial charge in [-0.1, -0.05) is 6.07 Å². The zero-order valence-corrected chi connectivity index (χ0v) is 11.4. The summed E-state index contributed by atoms with van der Waals surface area (Å²) in [5.41, 5.74) is 2.79. The molecule has 0 heterocycles. The Bertz CT molecular complexity index is 511. The van der Waals surface area contributed by atoms with Gasteiger partial charge in [-0.3, -0.25) is 0 Å². The van der Waals surface area contributed by atoms with Gasteiger partial charge < -0.3 is 4.74 Å². The molecule has 1 aliphatic carbocycles. The van der Waals surface area contributed by atoms with E-state index in [1.807, 2.05) is 6.07 Å². The molecule has 1 N–H and O–H groups in total. The molecule has 1 aromatic rings. The van der Waals surface area contributed by atoms with Gasteiger partial charge >= 0.3 is 0 Å². The fourth-order valence-electron chi connectivity index (χ4n) is 2.20. The molecule has 0 radical (unpaired) electrons. The maximum absolute atomic E-state index is 10.9. The van der Waals surface area contributed by atoms with Crippen LogP contribution in [0.5, 0.6) is 5.75 Å². The molecule has 2 rings (SSSR count). The van der Waals surface area contributed by atoms with Crippen molar-refractivity contribution in [3.63, 3.8) is 0 Å². The topological polar surface area (TPSA) is 55.4 Å². The van der Waals surface area contributed by atoms with Gasteiger partial charge in [0.2, 0.25) is 10.0 Å². The van der Waals surface area contributed by atoms with Crippen molar-refractivity contribution in [3.8, 4) is 5.75 Å². The molecular formula is C13H19NO3S. The summed E-state index contributed by atoms with van der Waals surface area (Å²) in [6, 6.07) is 6.16. The fourth-order valence-corrected chi connectivity index (χ4v) is 2.65. The Hall–Kier alpha value is -1.07. The molecule has 0 unspecified atom stereocenters. The fraction of sp³-hybridized carbons (Fsp3) is 0.538. The van der Waals surface area contributed by atoms with E-state index in [4.69, 9.17) is 4.74 Å². The van der Waals surface area contributed by atoms with Crippen LogP contribution in [0.2, 0.25) is 0 Å². The number of hydrogen-bond donors (Lipinski definition) is 1. The molecule has 0 saturated carbocycles. The minimum absolute atomic E-state index is 0.302. The minimum Gasteiger partial charge on any atom is -0.492 e. The lowest BCUT2D eigenvalue weighted by Gasteiger charge is -2.16. The largest absolute Gasteiger partial charge is 0.492 e. The van der Waals surface area contributed by atoms with Crippen LogP contribution >= 0.6 is 0 Å². The number of fused-ring (bicyclic) bond motifs is 1. The van der Waals surface area contributed by atoms with E-state index in [1.54, 1.807) is 0 Å². The smallest absolute Gasteiger partial charge is 0.208 e. The van der Waals surface area contributed by atoms with E-state index in [0.717, 1.165) is 24.8 Å². The van der Waals surface area contributed by atoms with Gasteiger partial charge in [0.05, 0.1) is 6.26 Å². The van der Waals surface area contributed by atoms with Gasteiger partial charge in [-0.15, -0.1) is 0 Å². The van der Waals surface area contributed by atoms with E-state index >= 15 is 0 Å². The minimum atomic E-state index is -3.12. The van der Waals surface area contributed by atoms with E-state index in [-0.39, 0.29) is 0 Å². The van der Waals surface area contributed by atoms with Gasteiger partial charge in [0.1, 0.15) is 12.4 Å². The van der Waals surface area contributed by atoms with E-state index < -0.39 is 10.0 Å². The third-order valence-corrected chi connectivity index (χ3v) is 3.78. The Kier molecular flexibility index (Phi) is 4.24. The molecule has 18 heavy (non-hydrogen) atoms. The van der Waals surface area contributed by atoms with Crippen molar-refractivity contribution in [2.45, 2.75) is 25.7 Å². The highest BCUT2D eigenvalue weighted by atomic mass is 32.2. The predicted octanol–water partition coefficient (Wildman–Crippen LogP) is 1.49. The lowest BCUT2D eigenvalue weighted by molar-refractivity contribution is 0.322. The highest BCUT2D eigenvalue weighted by molar-refractivity contribution is 7.88. The molecule has 0 bridgehead atoms. The third kappa shape index (κ3) is 3.99. The highest BCUT2D eigenvalue weighted by Crippen LogP contribution is 2.25. The normalized spacial score (nSPS) is 15.2. The van der Waals surface area contributed by atoms with Crippen molar-refractivity contribution in [2.24, 2.45) is 0 Å². The van der Waals surface area contributed by atoms with Crippen molar-refractivity contribution < 1.29 is 13.2 Å². The molecule has 100 valence electrons. The molecular weight excluding hydrogens is 250 g/mol. The number of aryl methyl sites for hydroxylation is 2. The van der Waals surface area contributed by atoms with Crippen molar-refractivity contribution >= 4 is 10.0 Å². The van der Waals surface area contributed by atoms with Crippen LogP contribution in [-0.2, 0) is 22.9 Å². The molecule has 5 heteroatoms. The van der Waals surface area contributed by atoms with E-state index in [0.29, 0.717) is 13.2 Å². The SMILES string of the molecule is CS(=O)(=O)NCCOc1ccc2c(c1)CCCC2. The van der Waals surface area contributed by atoms with Crippen LogP contribution < -0.4 is 9.46 Å². The first-order valence-electron chi connectivity index (χ1n) is 6.24. The number of benzene rings is 1. The maximum atomic E-state index is 10.9. The first-order valence-corrected chi connectivity index (χ1v) is 8.13. The van der Waals surface area contributed by atoms with Crippen LogP contribution in [0.15, 0.2) is 18.2 Å². The molecule has 0 spiro atoms. The molecule has 1 aliphatic rings. The summed E-state index contributed by atoms with van der Waals surface area (Å²) < 4.78 is 29.7. The van der Waals surface area contributed by atoms with Crippen LogP contribution in [0.3, 0.4) is 0 Å². The molecule has 4 nitrogen and oxygen atoms in total. The van der Waals surface area contributed by atoms with Crippen LogP contribution in [0, 0.1) is 0 Å². The second-order valence-electron chi connectivity index (χ2n) is 4.65. The van der Waals surface area contributed by atoms with Gasteiger partial charge in [-0.25, -0.2) is 13.1 Å². The lowest BCUT2D eigenvalue weighted by atomic mass is 9.92. The Balaban J connectivity index is 1.86. The van der Waals surface area contributed by atoms with Crippen LogP contribution in [0.1, 0.15) is 24.0 Å². The third-order valence-electron chi connectivity index (χ3n) is 3.06. The second kappa shape index (κ2) is 5.71. The average molecular weight is 269 g/mol. The summed E-state index contributed by atoms with van der Waals surface area (Å²) in [7, 11) is -3.12. The summed E-state index contributed by atoms with van der Waals surface area (Å²) in [5, 5.41) is 0. The van der Waals surface area contributed by atoms with Gasteiger partial charge in [-0.2, -0.15) is 0 Å². The van der Waals surface area contributed by atoms with E-state index in [2.05, 4.69) is 16.9 Å². The quantitative estimate of drug-likeness (QED) is 0.824. The van der Waals surface area contributed by atoms with Gasteiger partial charge in [-0.05, 0) is 48.9 Å². The van der Waals surface area contributed by atoms with Crippen molar-refractivity contribution in [3.05, 3.63) is 29.3 Å². The lowest BCUT2D eigenvalue weighted by Crippen LogP contribution is -2.26. The number of rotatable bonds is 5. The average Bonchev–Trinajstić information content (AvgIpc) is 2.33. The Morgan fingerprint density at radius 3 is 2.67 bits per heavy atom. The molecule has 1 aromatic carbocycles. The predicted molar refractivity (Wildman–Crippen MR) is 71.4 cm³/mol. The van der Waals surface area contributed by atoms with E-state index in [9.17, 15) is 8.42 Å². The van der Waals surface area contributed by atoms with Gasteiger partial charge in [0.15, 0.2) is 0 Å². The highest BCUT2D eigenvalue weighted by Gasteiger charge is 2.09.